The average Bonchev–Trinajstić information content (AvgIpc) is 2.46. The Kier molecular flexibility index (Phi) is 7.88. The molecule has 0 heterocycles. The molecule has 0 bridgehead atoms. The van der Waals surface area contributed by atoms with Crippen LogP contribution in [0.1, 0.15) is 65.9 Å². The minimum Gasteiger partial charge on any atom is -0.371 e. The summed E-state index contributed by atoms with van der Waals surface area (Å²) in [6, 6.07) is 0. The summed E-state index contributed by atoms with van der Waals surface area (Å²) in [4.78, 5) is 16.8. The Bertz CT molecular complexity index is 546. The fourth-order valence-electron chi connectivity index (χ4n) is 3.20. The maximum atomic E-state index is 12.1. The van der Waals surface area contributed by atoms with Gasteiger partial charge in [0.1, 0.15) is 0 Å². The van der Waals surface area contributed by atoms with Crippen LogP contribution in [0.5, 0.6) is 0 Å². The number of hydrogen-bond acceptors (Lipinski definition) is 4. The molecule has 0 N–H and O–H groups in total. The van der Waals surface area contributed by atoms with E-state index in [-0.39, 0.29) is 10.8 Å². The molecule has 0 aliphatic heterocycles. The minimum atomic E-state index is -0.0480. The van der Waals surface area contributed by atoms with Crippen molar-refractivity contribution >= 4 is 17.9 Å². The van der Waals surface area contributed by atoms with E-state index in [2.05, 4.69) is 44.4 Å². The van der Waals surface area contributed by atoms with Gasteiger partial charge < -0.3 is 9.80 Å². The predicted molar refractivity (Wildman–Crippen MR) is 104 cm³/mol. The standard InChI is InChI=1S/C19H34N2OS/c1-7-11-21(12-8-2)14-10-9-13-20(6)16-15(19(3,4)5)18(23)17(16)22/h7-14H2,1-6H3. The van der Waals surface area contributed by atoms with Crippen LogP contribution in [0, 0.1) is 4.51 Å². The van der Waals surface area contributed by atoms with Crippen molar-refractivity contribution < 1.29 is 0 Å². The highest BCUT2D eigenvalue weighted by molar-refractivity contribution is 7.71. The van der Waals surface area contributed by atoms with Gasteiger partial charge in [0.15, 0.2) is 0 Å². The van der Waals surface area contributed by atoms with Crippen molar-refractivity contribution in [3.05, 3.63) is 20.3 Å². The molecule has 0 amide bonds. The molecule has 3 nitrogen and oxygen atoms in total. The molecule has 4 heteroatoms. The number of unbranched alkanes of at least 4 members (excludes halogenated alkanes) is 1. The van der Waals surface area contributed by atoms with E-state index in [0.29, 0.717) is 4.51 Å². The van der Waals surface area contributed by atoms with E-state index in [1.807, 2.05) is 7.05 Å². The van der Waals surface area contributed by atoms with Crippen LogP contribution < -0.4 is 10.3 Å². The molecule has 0 saturated carbocycles. The van der Waals surface area contributed by atoms with E-state index in [1.54, 1.807) is 0 Å². The average molecular weight is 339 g/mol. The van der Waals surface area contributed by atoms with Crippen molar-refractivity contribution in [2.45, 2.75) is 65.7 Å². The largest absolute Gasteiger partial charge is 0.371 e. The fourth-order valence-corrected chi connectivity index (χ4v) is 3.70. The third kappa shape index (κ3) is 5.39. The van der Waals surface area contributed by atoms with Crippen LogP contribution in [0.15, 0.2) is 4.79 Å². The molecule has 0 fully saturated rings. The normalized spacial score (nSPS) is 12.3. The Labute approximate surface area is 147 Å². The molecule has 0 aliphatic rings. The van der Waals surface area contributed by atoms with Crippen LogP contribution in [-0.2, 0) is 5.41 Å². The molecule has 1 rings (SSSR count). The van der Waals surface area contributed by atoms with Gasteiger partial charge in [-0.05, 0) is 50.7 Å². The summed E-state index contributed by atoms with van der Waals surface area (Å²) in [6.07, 6.45) is 4.73. The summed E-state index contributed by atoms with van der Waals surface area (Å²) < 4.78 is 0.538. The molecule has 0 spiro atoms. The molecule has 0 aliphatic carbocycles. The molecule has 23 heavy (non-hydrogen) atoms. The smallest absolute Gasteiger partial charge is 0.220 e. The van der Waals surface area contributed by atoms with Crippen molar-refractivity contribution in [3.63, 3.8) is 0 Å². The third-order valence-corrected chi connectivity index (χ3v) is 4.70. The van der Waals surface area contributed by atoms with E-state index in [4.69, 9.17) is 12.2 Å². The molecule has 0 atom stereocenters. The van der Waals surface area contributed by atoms with Gasteiger partial charge in [0, 0.05) is 19.2 Å². The Balaban J connectivity index is 2.53. The van der Waals surface area contributed by atoms with E-state index >= 15 is 0 Å². The topological polar surface area (TPSA) is 23.6 Å². The quantitative estimate of drug-likeness (QED) is 0.469. The molecular formula is C19H34N2OS. The molecule has 1 aromatic rings. The zero-order chi connectivity index (χ0) is 17.6. The molecule has 1 aromatic carbocycles. The monoisotopic (exact) mass is 338 g/mol. The first-order valence-corrected chi connectivity index (χ1v) is 9.42. The van der Waals surface area contributed by atoms with Crippen molar-refractivity contribution in [2.75, 3.05) is 38.1 Å². The van der Waals surface area contributed by atoms with Crippen molar-refractivity contribution in [1.82, 2.24) is 4.90 Å². The van der Waals surface area contributed by atoms with Crippen LogP contribution in [-0.4, -0.2) is 38.1 Å². The number of anilines is 1. The highest BCUT2D eigenvalue weighted by atomic mass is 32.1. The van der Waals surface area contributed by atoms with E-state index < -0.39 is 0 Å². The molecule has 0 saturated heterocycles. The Morgan fingerprint density at radius 1 is 0.957 bits per heavy atom. The second-order valence-corrected chi connectivity index (χ2v) is 8.01. The summed E-state index contributed by atoms with van der Waals surface area (Å²) in [7, 11) is 2.02. The predicted octanol–water partition coefficient (Wildman–Crippen LogP) is 4.29. The highest BCUT2D eigenvalue weighted by Crippen LogP contribution is 2.32. The molecule has 0 unspecified atom stereocenters. The zero-order valence-electron chi connectivity index (χ0n) is 15.9. The van der Waals surface area contributed by atoms with Crippen LogP contribution in [0.2, 0.25) is 0 Å². The molecule has 0 aromatic heterocycles. The van der Waals surface area contributed by atoms with Crippen molar-refractivity contribution in [2.24, 2.45) is 0 Å². The van der Waals surface area contributed by atoms with Crippen LogP contribution in [0.3, 0.4) is 0 Å². The van der Waals surface area contributed by atoms with Gasteiger partial charge in [-0.15, -0.1) is 0 Å². The highest BCUT2D eigenvalue weighted by Gasteiger charge is 2.29. The van der Waals surface area contributed by atoms with Gasteiger partial charge in [-0.1, -0.05) is 46.8 Å². The van der Waals surface area contributed by atoms with Crippen molar-refractivity contribution in [3.8, 4) is 0 Å². The Hall–Kier alpha value is -0.740. The fraction of sp³-hybridized carbons (Fsp3) is 0.789. The lowest BCUT2D eigenvalue weighted by molar-refractivity contribution is 0.269. The first kappa shape index (κ1) is 20.3. The zero-order valence-corrected chi connectivity index (χ0v) is 16.7. The third-order valence-electron chi connectivity index (χ3n) is 4.31. The molecular weight excluding hydrogens is 304 g/mol. The van der Waals surface area contributed by atoms with Crippen LogP contribution >= 0.6 is 12.2 Å². The lowest BCUT2D eigenvalue weighted by atomic mass is 9.82. The SMILES string of the molecule is CCCN(CCC)CCCCN(C)c1c(C(C)(C)C)c(=S)c1=O. The molecule has 0 radical (unpaired) electrons. The Morgan fingerprint density at radius 3 is 1.96 bits per heavy atom. The van der Waals surface area contributed by atoms with Crippen LogP contribution in [0.4, 0.5) is 5.69 Å². The van der Waals surface area contributed by atoms with Crippen LogP contribution in [0.25, 0.3) is 0 Å². The lowest BCUT2D eigenvalue weighted by Crippen LogP contribution is -2.35. The lowest BCUT2D eigenvalue weighted by Gasteiger charge is -2.31. The summed E-state index contributed by atoms with van der Waals surface area (Å²) in [5.41, 5.74) is 1.93. The molecule has 132 valence electrons. The summed E-state index contributed by atoms with van der Waals surface area (Å²) in [5, 5.41) is 0. The number of rotatable bonds is 10. The van der Waals surface area contributed by atoms with E-state index in [9.17, 15) is 4.79 Å². The van der Waals surface area contributed by atoms with Gasteiger partial charge in [-0.3, -0.25) is 4.79 Å². The second kappa shape index (κ2) is 8.93. The van der Waals surface area contributed by atoms with E-state index in [1.165, 1.54) is 32.4 Å². The Morgan fingerprint density at radius 2 is 1.48 bits per heavy atom. The summed E-state index contributed by atoms with van der Waals surface area (Å²) in [6.45, 7) is 15.3. The van der Waals surface area contributed by atoms with Gasteiger partial charge in [0.05, 0.1) is 10.2 Å². The second-order valence-electron chi connectivity index (χ2n) is 7.60. The van der Waals surface area contributed by atoms with Gasteiger partial charge in [0.25, 0.3) is 0 Å². The number of nitrogens with zero attached hydrogens (tertiary/aromatic N) is 2. The van der Waals surface area contributed by atoms with Gasteiger partial charge in [0.2, 0.25) is 5.43 Å². The number of hydrogen-bond donors (Lipinski definition) is 0. The van der Waals surface area contributed by atoms with Gasteiger partial charge in [-0.25, -0.2) is 0 Å². The first-order chi connectivity index (χ1) is 10.7. The minimum absolute atomic E-state index is 0.0480. The van der Waals surface area contributed by atoms with E-state index in [0.717, 1.165) is 30.8 Å². The summed E-state index contributed by atoms with van der Waals surface area (Å²) in [5.74, 6) is 0. The van der Waals surface area contributed by atoms with Gasteiger partial charge in [-0.2, -0.15) is 0 Å². The van der Waals surface area contributed by atoms with Gasteiger partial charge >= 0.3 is 0 Å². The first-order valence-electron chi connectivity index (χ1n) is 9.01. The summed E-state index contributed by atoms with van der Waals surface area (Å²) >= 11 is 5.26. The maximum absolute atomic E-state index is 12.1. The van der Waals surface area contributed by atoms with Crippen molar-refractivity contribution in [1.29, 1.82) is 0 Å². The maximum Gasteiger partial charge on any atom is 0.220 e.